The fourth-order valence-corrected chi connectivity index (χ4v) is 1.12. The molecule has 4 heteroatoms. The maximum absolute atomic E-state index is 9.43. The van der Waals surface area contributed by atoms with Crippen molar-refractivity contribution < 1.29 is 9.84 Å². The van der Waals surface area contributed by atoms with E-state index in [1.165, 1.54) is 0 Å². The number of para-hydroxylation sites is 2. The molecule has 0 spiro atoms. The second-order valence-electron chi connectivity index (χ2n) is 2.92. The van der Waals surface area contributed by atoms with Crippen molar-refractivity contribution in [2.45, 2.75) is 0 Å². The lowest BCUT2D eigenvalue weighted by molar-refractivity contribution is 0.411. The fourth-order valence-electron chi connectivity index (χ4n) is 1.12. The third kappa shape index (κ3) is 1.69. The first kappa shape index (κ1) is 8.62. The highest BCUT2D eigenvalue weighted by Crippen LogP contribution is 2.29. The number of aromatic nitrogens is 2. The normalized spacial score (nSPS) is 10.1. The largest absolute Gasteiger partial charge is 0.504 e. The van der Waals surface area contributed by atoms with Crippen molar-refractivity contribution in [1.82, 2.24) is 9.78 Å². The van der Waals surface area contributed by atoms with E-state index in [0.717, 1.165) is 0 Å². The molecule has 0 aliphatic heterocycles. The molecule has 72 valence electrons. The number of hydrogen-bond donors (Lipinski definition) is 1. The molecule has 4 nitrogen and oxygen atoms in total. The molecular formula is C10H10N2O2. The van der Waals surface area contributed by atoms with Crippen LogP contribution in [0.4, 0.5) is 0 Å². The molecule has 0 atom stereocenters. The van der Waals surface area contributed by atoms with Gasteiger partial charge in [0.2, 0.25) is 0 Å². The van der Waals surface area contributed by atoms with E-state index in [9.17, 15) is 5.11 Å². The summed E-state index contributed by atoms with van der Waals surface area (Å²) in [5, 5.41) is 13.4. The first-order chi connectivity index (χ1) is 6.75. The zero-order valence-electron chi connectivity index (χ0n) is 7.71. The van der Waals surface area contributed by atoms with Crippen molar-refractivity contribution >= 4 is 0 Å². The topological polar surface area (TPSA) is 47.3 Å². The van der Waals surface area contributed by atoms with Crippen molar-refractivity contribution in [2.24, 2.45) is 7.05 Å². The lowest BCUT2D eigenvalue weighted by Gasteiger charge is -2.03. The first-order valence-electron chi connectivity index (χ1n) is 4.20. The van der Waals surface area contributed by atoms with Gasteiger partial charge in [-0.25, -0.2) is 0 Å². The van der Waals surface area contributed by atoms with Crippen molar-refractivity contribution in [2.75, 3.05) is 0 Å². The van der Waals surface area contributed by atoms with Gasteiger partial charge in [0.1, 0.15) is 0 Å². The van der Waals surface area contributed by atoms with Gasteiger partial charge in [-0.2, -0.15) is 5.10 Å². The van der Waals surface area contributed by atoms with Crippen LogP contribution in [0, 0.1) is 0 Å². The first-order valence-corrected chi connectivity index (χ1v) is 4.20. The van der Waals surface area contributed by atoms with Crippen LogP contribution < -0.4 is 4.74 Å². The highest BCUT2D eigenvalue weighted by molar-refractivity contribution is 5.40. The Morgan fingerprint density at radius 2 is 2.14 bits per heavy atom. The number of aromatic hydroxyl groups is 1. The van der Waals surface area contributed by atoms with E-state index in [-0.39, 0.29) is 5.75 Å². The molecule has 0 saturated carbocycles. The number of nitrogens with zero attached hydrogens (tertiary/aromatic N) is 2. The number of hydrogen-bond acceptors (Lipinski definition) is 3. The Morgan fingerprint density at radius 3 is 2.79 bits per heavy atom. The summed E-state index contributed by atoms with van der Waals surface area (Å²) in [5.41, 5.74) is 0. The zero-order valence-corrected chi connectivity index (χ0v) is 7.71. The quantitative estimate of drug-likeness (QED) is 0.786. The maximum atomic E-state index is 9.43. The molecule has 0 aliphatic rings. The van der Waals surface area contributed by atoms with Gasteiger partial charge in [0.05, 0.1) is 12.4 Å². The standard InChI is InChI=1S/C10H10N2O2/c1-12-7-8(6-11-12)14-10-5-3-2-4-9(10)13/h2-7,13H,1H3. The van der Waals surface area contributed by atoms with Crippen LogP contribution in [0.1, 0.15) is 0 Å². The molecule has 0 radical (unpaired) electrons. The van der Waals surface area contributed by atoms with Crippen LogP contribution in [-0.2, 0) is 7.05 Å². The van der Waals surface area contributed by atoms with Gasteiger partial charge >= 0.3 is 0 Å². The summed E-state index contributed by atoms with van der Waals surface area (Å²) in [6.45, 7) is 0. The van der Waals surface area contributed by atoms with Crippen LogP contribution in [0.25, 0.3) is 0 Å². The van der Waals surface area contributed by atoms with E-state index in [1.807, 2.05) is 0 Å². The van der Waals surface area contributed by atoms with Crippen molar-refractivity contribution in [3.8, 4) is 17.2 Å². The summed E-state index contributed by atoms with van der Waals surface area (Å²) in [5.74, 6) is 1.16. The van der Waals surface area contributed by atoms with E-state index in [2.05, 4.69) is 5.10 Å². The lowest BCUT2D eigenvalue weighted by atomic mass is 10.3. The molecule has 1 aromatic carbocycles. The second-order valence-corrected chi connectivity index (χ2v) is 2.92. The highest BCUT2D eigenvalue weighted by atomic mass is 16.5. The monoisotopic (exact) mass is 190 g/mol. The van der Waals surface area contributed by atoms with E-state index in [4.69, 9.17) is 4.74 Å². The van der Waals surface area contributed by atoms with Crippen LogP contribution in [0.15, 0.2) is 36.7 Å². The van der Waals surface area contributed by atoms with Crippen molar-refractivity contribution in [3.63, 3.8) is 0 Å². The smallest absolute Gasteiger partial charge is 0.169 e. The molecule has 1 heterocycles. The van der Waals surface area contributed by atoms with Crippen molar-refractivity contribution in [1.29, 1.82) is 0 Å². The summed E-state index contributed by atoms with van der Waals surface area (Å²) in [4.78, 5) is 0. The van der Waals surface area contributed by atoms with Crippen LogP contribution in [0.2, 0.25) is 0 Å². The van der Waals surface area contributed by atoms with E-state index >= 15 is 0 Å². The lowest BCUT2D eigenvalue weighted by Crippen LogP contribution is -1.85. The minimum absolute atomic E-state index is 0.122. The third-order valence-corrected chi connectivity index (χ3v) is 1.77. The van der Waals surface area contributed by atoms with E-state index in [1.54, 1.807) is 48.4 Å². The summed E-state index contributed by atoms with van der Waals surface area (Å²) < 4.78 is 7.03. The van der Waals surface area contributed by atoms with Gasteiger partial charge in [0.25, 0.3) is 0 Å². The van der Waals surface area contributed by atoms with Crippen LogP contribution in [-0.4, -0.2) is 14.9 Å². The summed E-state index contributed by atoms with van der Waals surface area (Å²) in [6, 6.07) is 6.81. The summed E-state index contributed by atoms with van der Waals surface area (Å²) in [6.07, 6.45) is 3.32. The average molecular weight is 190 g/mol. The van der Waals surface area contributed by atoms with Gasteiger partial charge in [-0.15, -0.1) is 0 Å². The Hall–Kier alpha value is -1.97. The van der Waals surface area contributed by atoms with Gasteiger partial charge in [-0.1, -0.05) is 12.1 Å². The minimum atomic E-state index is 0.122. The second kappa shape index (κ2) is 3.41. The van der Waals surface area contributed by atoms with Gasteiger partial charge < -0.3 is 9.84 Å². The molecule has 0 saturated heterocycles. The van der Waals surface area contributed by atoms with E-state index < -0.39 is 0 Å². The van der Waals surface area contributed by atoms with Crippen LogP contribution in [0.3, 0.4) is 0 Å². The SMILES string of the molecule is Cn1cc(Oc2ccccc2O)cn1. The Bertz CT molecular complexity index is 437. The number of aryl methyl sites for hydroxylation is 1. The maximum Gasteiger partial charge on any atom is 0.169 e. The average Bonchev–Trinajstić information content (AvgIpc) is 2.56. The zero-order chi connectivity index (χ0) is 9.97. The summed E-state index contributed by atoms with van der Waals surface area (Å²) in [7, 11) is 1.80. The molecule has 0 unspecified atom stereocenters. The molecule has 2 rings (SSSR count). The molecule has 1 aromatic heterocycles. The number of phenols is 1. The fraction of sp³-hybridized carbons (Fsp3) is 0.100. The van der Waals surface area contributed by atoms with E-state index in [0.29, 0.717) is 11.5 Å². The summed E-state index contributed by atoms with van der Waals surface area (Å²) >= 11 is 0. The van der Waals surface area contributed by atoms with Gasteiger partial charge in [-0.3, -0.25) is 4.68 Å². The molecule has 14 heavy (non-hydrogen) atoms. The Balaban J connectivity index is 2.23. The Morgan fingerprint density at radius 1 is 1.36 bits per heavy atom. The molecule has 2 aromatic rings. The third-order valence-electron chi connectivity index (χ3n) is 1.77. The van der Waals surface area contributed by atoms with Gasteiger partial charge in [-0.05, 0) is 12.1 Å². The van der Waals surface area contributed by atoms with Crippen LogP contribution >= 0.6 is 0 Å². The molecule has 0 amide bonds. The van der Waals surface area contributed by atoms with Gasteiger partial charge in [0, 0.05) is 7.05 Å². The predicted molar refractivity (Wildman–Crippen MR) is 51.4 cm³/mol. The van der Waals surface area contributed by atoms with Gasteiger partial charge in [0.15, 0.2) is 17.2 Å². The number of benzene rings is 1. The van der Waals surface area contributed by atoms with Crippen molar-refractivity contribution in [3.05, 3.63) is 36.7 Å². The Labute approximate surface area is 81.4 Å². The molecule has 0 bridgehead atoms. The molecule has 1 N–H and O–H groups in total. The molecule has 0 fully saturated rings. The minimum Gasteiger partial charge on any atom is -0.504 e. The predicted octanol–water partition coefficient (Wildman–Crippen LogP) is 1.92. The number of ether oxygens (including phenoxy) is 1. The molecular weight excluding hydrogens is 180 g/mol. The van der Waals surface area contributed by atoms with Crippen LogP contribution in [0.5, 0.6) is 17.2 Å². The highest BCUT2D eigenvalue weighted by Gasteiger charge is 2.03. The number of rotatable bonds is 2. The Kier molecular flexibility index (Phi) is 2.10. The number of phenolic OH excluding ortho intramolecular Hbond substituents is 1. The molecule has 0 aliphatic carbocycles.